The van der Waals surface area contributed by atoms with E-state index in [1.807, 2.05) is 36.8 Å². The summed E-state index contributed by atoms with van der Waals surface area (Å²) in [5.74, 6) is 1.73. The molecular formula is C36H39N3. The highest BCUT2D eigenvalue weighted by Crippen LogP contribution is 2.23. The molecular weight excluding hydrogens is 474 g/mol. The van der Waals surface area contributed by atoms with Gasteiger partial charge >= 0.3 is 0 Å². The van der Waals surface area contributed by atoms with Crippen molar-refractivity contribution in [2.75, 3.05) is 0 Å². The van der Waals surface area contributed by atoms with Gasteiger partial charge in [-0.1, -0.05) is 90.1 Å². The van der Waals surface area contributed by atoms with Crippen LogP contribution in [0.3, 0.4) is 0 Å². The number of hydrogen-bond acceptors (Lipinski definition) is 3. The molecule has 0 spiro atoms. The van der Waals surface area contributed by atoms with Crippen molar-refractivity contribution >= 4 is 32.7 Å². The zero-order chi connectivity index (χ0) is 27.8. The third kappa shape index (κ3) is 7.26. The normalized spacial score (nSPS) is 11.0. The van der Waals surface area contributed by atoms with Crippen LogP contribution < -0.4 is 0 Å². The molecule has 198 valence electrons. The highest BCUT2D eigenvalue weighted by molar-refractivity contribution is 5.82. The van der Waals surface area contributed by atoms with E-state index < -0.39 is 0 Å². The van der Waals surface area contributed by atoms with Crippen LogP contribution in [0.5, 0.6) is 0 Å². The van der Waals surface area contributed by atoms with Crippen LogP contribution in [-0.4, -0.2) is 15.0 Å². The van der Waals surface area contributed by atoms with Gasteiger partial charge in [0.2, 0.25) is 0 Å². The van der Waals surface area contributed by atoms with E-state index in [4.69, 9.17) is 0 Å². The molecule has 6 rings (SSSR count). The Morgan fingerprint density at radius 3 is 1.72 bits per heavy atom. The molecule has 0 saturated heterocycles. The van der Waals surface area contributed by atoms with E-state index in [-0.39, 0.29) is 0 Å². The van der Waals surface area contributed by atoms with E-state index in [0.29, 0.717) is 17.8 Å². The lowest BCUT2D eigenvalue weighted by Crippen LogP contribution is -1.89. The number of fused-ring (bicyclic) bond motifs is 3. The van der Waals surface area contributed by atoms with E-state index in [9.17, 15) is 0 Å². The van der Waals surface area contributed by atoms with Crippen LogP contribution in [0.4, 0.5) is 0 Å². The Morgan fingerprint density at radius 2 is 1.03 bits per heavy atom. The van der Waals surface area contributed by atoms with E-state index in [1.165, 1.54) is 32.8 Å². The highest BCUT2D eigenvalue weighted by atomic mass is 14.6. The summed E-state index contributed by atoms with van der Waals surface area (Å²) >= 11 is 0. The summed E-state index contributed by atoms with van der Waals surface area (Å²) in [5.41, 5.74) is 7.37. The van der Waals surface area contributed by atoms with Crippen LogP contribution in [0.1, 0.15) is 76.0 Å². The van der Waals surface area contributed by atoms with Crippen molar-refractivity contribution in [2.24, 2.45) is 0 Å². The van der Waals surface area contributed by atoms with Gasteiger partial charge in [-0.15, -0.1) is 0 Å². The van der Waals surface area contributed by atoms with Gasteiger partial charge in [0.05, 0.1) is 16.6 Å². The van der Waals surface area contributed by atoms with Crippen LogP contribution in [0.15, 0.2) is 110 Å². The molecule has 0 aliphatic carbocycles. The molecule has 3 heteroatoms. The summed E-state index contributed by atoms with van der Waals surface area (Å²) in [6.45, 7) is 13.2. The zero-order valence-corrected chi connectivity index (χ0v) is 24.0. The predicted molar refractivity (Wildman–Crippen MR) is 167 cm³/mol. The summed E-state index contributed by atoms with van der Waals surface area (Å²) in [6, 6.07) is 31.5. The fraction of sp³-hybridized carbons (Fsp3) is 0.250. The fourth-order valence-corrected chi connectivity index (χ4v) is 4.53. The summed E-state index contributed by atoms with van der Waals surface area (Å²) in [7, 11) is 0. The lowest BCUT2D eigenvalue weighted by molar-refractivity contribution is 0.868. The summed E-state index contributed by atoms with van der Waals surface area (Å²) in [6.07, 6.45) is 5.51. The second-order valence-corrected chi connectivity index (χ2v) is 10.8. The van der Waals surface area contributed by atoms with E-state index in [0.717, 1.165) is 16.6 Å². The Hall–Kier alpha value is -4.11. The fourth-order valence-electron chi connectivity index (χ4n) is 4.53. The Balaban J connectivity index is 0.000000136. The molecule has 3 heterocycles. The molecule has 3 aromatic heterocycles. The van der Waals surface area contributed by atoms with Gasteiger partial charge in [-0.3, -0.25) is 15.0 Å². The van der Waals surface area contributed by atoms with Crippen molar-refractivity contribution in [2.45, 2.75) is 59.3 Å². The molecule has 0 bridgehead atoms. The summed E-state index contributed by atoms with van der Waals surface area (Å²) in [5, 5.41) is 3.72. The van der Waals surface area contributed by atoms with Crippen molar-refractivity contribution in [3.63, 3.8) is 0 Å². The van der Waals surface area contributed by atoms with Gasteiger partial charge in [-0.25, -0.2) is 0 Å². The topological polar surface area (TPSA) is 38.7 Å². The average molecular weight is 514 g/mol. The van der Waals surface area contributed by atoms with Crippen molar-refractivity contribution in [1.29, 1.82) is 0 Å². The Labute approximate surface area is 233 Å². The van der Waals surface area contributed by atoms with Gasteiger partial charge in [0.15, 0.2) is 0 Å². The first-order valence-corrected chi connectivity index (χ1v) is 13.9. The van der Waals surface area contributed by atoms with Gasteiger partial charge in [0.25, 0.3) is 0 Å². The molecule has 3 aromatic carbocycles. The van der Waals surface area contributed by atoms with Crippen molar-refractivity contribution < 1.29 is 0 Å². The maximum Gasteiger partial charge on any atom is 0.0704 e. The number of benzene rings is 3. The van der Waals surface area contributed by atoms with Gasteiger partial charge in [-0.2, -0.15) is 0 Å². The number of pyridine rings is 3. The maximum absolute atomic E-state index is 4.32. The molecule has 6 aromatic rings. The third-order valence-corrected chi connectivity index (χ3v) is 6.89. The van der Waals surface area contributed by atoms with Crippen molar-refractivity contribution in [1.82, 2.24) is 15.0 Å². The molecule has 0 amide bonds. The van der Waals surface area contributed by atoms with Crippen molar-refractivity contribution in [3.8, 4) is 0 Å². The SMILES string of the molecule is CC(C)c1ccc2cccnc2c1.CC(C)c1ccc2ncccc2c1.CC(C)c1cccc2ncccc12. The van der Waals surface area contributed by atoms with Crippen LogP contribution in [0, 0.1) is 0 Å². The minimum atomic E-state index is 0.563. The standard InChI is InChI=1S/3C12H13N/c1-9(2)10-5-3-7-12-11(10)6-4-8-13-12;1-9(2)10-5-6-12-11(8-10)4-3-7-13-12;1-9(2)11-6-5-10-4-3-7-13-12(10)8-11/h3*3-9H,1-2H3. The van der Waals surface area contributed by atoms with E-state index >= 15 is 0 Å². The molecule has 0 unspecified atom stereocenters. The molecule has 3 nitrogen and oxygen atoms in total. The highest BCUT2D eigenvalue weighted by Gasteiger charge is 2.04. The van der Waals surface area contributed by atoms with Gasteiger partial charge in [0.1, 0.15) is 0 Å². The molecule has 0 radical (unpaired) electrons. The monoisotopic (exact) mass is 513 g/mol. The van der Waals surface area contributed by atoms with Gasteiger partial charge < -0.3 is 0 Å². The number of rotatable bonds is 3. The number of nitrogens with zero attached hydrogens (tertiary/aromatic N) is 3. The van der Waals surface area contributed by atoms with E-state index in [1.54, 1.807) is 0 Å². The maximum atomic E-state index is 4.32. The number of aromatic nitrogens is 3. The first-order valence-electron chi connectivity index (χ1n) is 13.9. The smallest absolute Gasteiger partial charge is 0.0704 e. The van der Waals surface area contributed by atoms with Crippen molar-refractivity contribution in [3.05, 3.63) is 126 Å². The third-order valence-electron chi connectivity index (χ3n) is 6.89. The predicted octanol–water partition coefficient (Wildman–Crippen LogP) is 10.1. The first-order chi connectivity index (χ1) is 18.8. The average Bonchev–Trinajstić information content (AvgIpc) is 2.97. The van der Waals surface area contributed by atoms with Crippen LogP contribution >= 0.6 is 0 Å². The molecule has 39 heavy (non-hydrogen) atoms. The van der Waals surface area contributed by atoms with Crippen LogP contribution in [0.25, 0.3) is 32.7 Å². The summed E-state index contributed by atoms with van der Waals surface area (Å²) in [4.78, 5) is 12.9. The Kier molecular flexibility index (Phi) is 9.38. The second kappa shape index (κ2) is 13.1. The molecule has 0 fully saturated rings. The number of hydrogen-bond donors (Lipinski definition) is 0. The second-order valence-electron chi connectivity index (χ2n) is 10.8. The lowest BCUT2D eigenvalue weighted by atomic mass is 9.98. The molecule has 0 atom stereocenters. The summed E-state index contributed by atoms with van der Waals surface area (Å²) < 4.78 is 0. The Morgan fingerprint density at radius 1 is 0.436 bits per heavy atom. The van der Waals surface area contributed by atoms with Gasteiger partial charge in [0, 0.05) is 34.7 Å². The molecule has 0 aliphatic heterocycles. The molecule has 0 saturated carbocycles. The largest absolute Gasteiger partial charge is 0.256 e. The van der Waals surface area contributed by atoms with Crippen LogP contribution in [0.2, 0.25) is 0 Å². The zero-order valence-electron chi connectivity index (χ0n) is 24.0. The minimum absolute atomic E-state index is 0.563. The van der Waals surface area contributed by atoms with Crippen LogP contribution in [-0.2, 0) is 0 Å². The first kappa shape index (κ1) is 27.9. The van der Waals surface area contributed by atoms with E-state index in [2.05, 4.69) is 129 Å². The molecule has 0 aliphatic rings. The molecule has 0 N–H and O–H groups in total. The van der Waals surface area contributed by atoms with Gasteiger partial charge in [-0.05, 0) is 76.9 Å². The quantitative estimate of drug-likeness (QED) is 0.236. The Bertz CT molecular complexity index is 1550. The lowest BCUT2D eigenvalue weighted by Gasteiger charge is -2.08. The minimum Gasteiger partial charge on any atom is -0.256 e.